The van der Waals surface area contributed by atoms with Gasteiger partial charge in [-0.05, 0) is 44.5 Å². The molecule has 1 aromatic carbocycles. The van der Waals surface area contributed by atoms with Gasteiger partial charge in [0.05, 0.1) is 0 Å². The van der Waals surface area contributed by atoms with E-state index in [9.17, 15) is 0 Å². The summed E-state index contributed by atoms with van der Waals surface area (Å²) in [5, 5.41) is 4.25. The highest BCUT2D eigenvalue weighted by atomic mass is 79.9. The Hall–Kier alpha value is -0.310. The van der Waals surface area contributed by atoms with E-state index >= 15 is 0 Å². The van der Waals surface area contributed by atoms with Gasteiger partial charge in [-0.25, -0.2) is 0 Å². The average molecular weight is 303 g/mol. The maximum absolute atomic E-state index is 6.18. The summed E-state index contributed by atoms with van der Waals surface area (Å²) in [5.41, 5.74) is 1.14. The van der Waals surface area contributed by atoms with Gasteiger partial charge in [0.25, 0.3) is 0 Å². The van der Waals surface area contributed by atoms with Crippen LogP contribution in [0.4, 0.5) is 0 Å². The monoisotopic (exact) mass is 301 g/mol. The van der Waals surface area contributed by atoms with Gasteiger partial charge in [0.15, 0.2) is 0 Å². The quantitative estimate of drug-likeness (QED) is 0.613. The highest BCUT2D eigenvalue weighted by Crippen LogP contribution is 2.26. The summed E-state index contributed by atoms with van der Waals surface area (Å²) in [6, 6.07) is 6.29. The van der Waals surface area contributed by atoms with Crippen molar-refractivity contribution in [2.45, 2.75) is 26.3 Å². The summed E-state index contributed by atoms with van der Waals surface area (Å²) in [6.07, 6.45) is 5.27. The van der Waals surface area contributed by atoms with E-state index < -0.39 is 0 Å². The normalized spacial score (nSPS) is 13.2. The fourth-order valence-electron chi connectivity index (χ4n) is 1.51. The highest BCUT2D eigenvalue weighted by Gasteiger charge is 2.08. The van der Waals surface area contributed by atoms with E-state index in [-0.39, 0.29) is 6.04 Å². The molecule has 1 aromatic rings. The molecule has 0 aliphatic carbocycles. The molecule has 0 radical (unpaired) electrons. The zero-order valence-electron chi connectivity index (χ0n) is 9.63. The van der Waals surface area contributed by atoms with Crippen molar-refractivity contribution >= 4 is 27.5 Å². The van der Waals surface area contributed by atoms with E-state index in [4.69, 9.17) is 11.6 Å². The SMILES string of the molecule is C/C=C/CCNC(C)c1ccc(Br)cc1Cl. The molecule has 0 saturated carbocycles. The van der Waals surface area contributed by atoms with E-state index in [1.807, 2.05) is 19.1 Å². The van der Waals surface area contributed by atoms with Crippen LogP contribution in [0.1, 0.15) is 31.9 Å². The summed E-state index contributed by atoms with van der Waals surface area (Å²) in [5.74, 6) is 0. The largest absolute Gasteiger partial charge is 0.310 e. The molecule has 0 heterocycles. The number of rotatable bonds is 5. The summed E-state index contributed by atoms with van der Waals surface area (Å²) < 4.78 is 1.02. The molecule has 1 nitrogen and oxygen atoms in total. The Labute approximate surface area is 111 Å². The van der Waals surface area contributed by atoms with Gasteiger partial charge in [0.1, 0.15) is 0 Å². The van der Waals surface area contributed by atoms with E-state index in [1.54, 1.807) is 0 Å². The standard InChI is InChI=1S/C13H17BrClN/c1-3-4-5-8-16-10(2)12-7-6-11(14)9-13(12)15/h3-4,6-7,9-10,16H,5,8H2,1-2H3/b4-3+. The Kier molecular flexibility index (Phi) is 6.10. The van der Waals surface area contributed by atoms with Crippen LogP contribution < -0.4 is 5.32 Å². The van der Waals surface area contributed by atoms with Crippen LogP contribution in [0.25, 0.3) is 0 Å². The topological polar surface area (TPSA) is 12.0 Å². The van der Waals surface area contributed by atoms with Crippen LogP contribution in [0.5, 0.6) is 0 Å². The van der Waals surface area contributed by atoms with Gasteiger partial charge in [-0.15, -0.1) is 0 Å². The third kappa shape index (κ3) is 4.28. The summed E-state index contributed by atoms with van der Waals surface area (Å²) in [7, 11) is 0. The zero-order chi connectivity index (χ0) is 12.0. The van der Waals surface area contributed by atoms with Gasteiger partial charge in [-0.3, -0.25) is 0 Å². The van der Waals surface area contributed by atoms with Crippen LogP contribution in [0.2, 0.25) is 5.02 Å². The Morgan fingerprint density at radius 3 is 2.88 bits per heavy atom. The smallest absolute Gasteiger partial charge is 0.0464 e. The molecule has 0 spiro atoms. The van der Waals surface area contributed by atoms with Crippen LogP contribution in [0.3, 0.4) is 0 Å². The van der Waals surface area contributed by atoms with Crippen LogP contribution >= 0.6 is 27.5 Å². The molecule has 88 valence electrons. The number of hydrogen-bond donors (Lipinski definition) is 1. The van der Waals surface area contributed by atoms with Crippen LogP contribution in [0.15, 0.2) is 34.8 Å². The molecule has 0 aliphatic heterocycles. The van der Waals surface area contributed by atoms with Gasteiger partial charge in [0, 0.05) is 15.5 Å². The van der Waals surface area contributed by atoms with E-state index in [1.165, 1.54) is 0 Å². The number of benzene rings is 1. The first kappa shape index (κ1) is 13.8. The van der Waals surface area contributed by atoms with Gasteiger partial charge < -0.3 is 5.32 Å². The molecular formula is C13H17BrClN. The molecule has 0 bridgehead atoms. The Morgan fingerprint density at radius 1 is 1.50 bits per heavy atom. The summed E-state index contributed by atoms with van der Waals surface area (Å²) in [4.78, 5) is 0. The maximum Gasteiger partial charge on any atom is 0.0464 e. The number of hydrogen-bond acceptors (Lipinski definition) is 1. The average Bonchev–Trinajstić information content (AvgIpc) is 2.24. The molecule has 16 heavy (non-hydrogen) atoms. The predicted molar refractivity (Wildman–Crippen MR) is 75.0 cm³/mol. The molecule has 1 unspecified atom stereocenters. The molecule has 0 saturated heterocycles. The second-order valence-electron chi connectivity index (χ2n) is 3.70. The van der Waals surface area contributed by atoms with Crippen LogP contribution in [0, 0.1) is 0 Å². The molecule has 3 heteroatoms. The lowest BCUT2D eigenvalue weighted by Crippen LogP contribution is -2.19. The Balaban J connectivity index is 2.55. The van der Waals surface area contributed by atoms with Gasteiger partial charge in [-0.2, -0.15) is 0 Å². The molecule has 0 amide bonds. The van der Waals surface area contributed by atoms with Crippen LogP contribution in [-0.2, 0) is 0 Å². The van der Waals surface area contributed by atoms with E-state index in [0.29, 0.717) is 0 Å². The third-order valence-electron chi connectivity index (χ3n) is 2.43. The summed E-state index contributed by atoms with van der Waals surface area (Å²) in [6.45, 7) is 5.14. The van der Waals surface area contributed by atoms with E-state index in [0.717, 1.165) is 28.0 Å². The van der Waals surface area contributed by atoms with E-state index in [2.05, 4.69) is 46.4 Å². The minimum Gasteiger partial charge on any atom is -0.310 e. The van der Waals surface area contributed by atoms with Crippen molar-refractivity contribution in [3.05, 3.63) is 45.4 Å². The highest BCUT2D eigenvalue weighted by molar-refractivity contribution is 9.10. The van der Waals surface area contributed by atoms with Crippen molar-refractivity contribution in [2.75, 3.05) is 6.54 Å². The second kappa shape index (κ2) is 7.10. The Bertz CT molecular complexity index is 363. The minimum atomic E-state index is 0.283. The maximum atomic E-state index is 6.18. The first-order chi connectivity index (χ1) is 7.65. The molecule has 0 fully saturated rings. The predicted octanol–water partition coefficient (Wildman–Crippen LogP) is 4.72. The Morgan fingerprint density at radius 2 is 2.25 bits per heavy atom. The van der Waals surface area contributed by atoms with Gasteiger partial charge in [-0.1, -0.05) is 45.7 Å². The lowest BCUT2D eigenvalue weighted by molar-refractivity contribution is 0.581. The molecule has 1 rings (SSSR count). The number of halogens is 2. The molecular weight excluding hydrogens is 286 g/mol. The molecule has 1 N–H and O–H groups in total. The fourth-order valence-corrected chi connectivity index (χ4v) is 2.35. The first-order valence-corrected chi connectivity index (χ1v) is 6.61. The number of allylic oxidation sites excluding steroid dienone is 1. The molecule has 0 aromatic heterocycles. The van der Waals surface area contributed by atoms with Gasteiger partial charge in [0.2, 0.25) is 0 Å². The van der Waals surface area contributed by atoms with Crippen molar-refractivity contribution in [1.82, 2.24) is 5.32 Å². The second-order valence-corrected chi connectivity index (χ2v) is 5.02. The molecule has 1 atom stereocenters. The van der Waals surface area contributed by atoms with Crippen molar-refractivity contribution in [1.29, 1.82) is 0 Å². The minimum absolute atomic E-state index is 0.283. The van der Waals surface area contributed by atoms with Gasteiger partial charge >= 0.3 is 0 Å². The zero-order valence-corrected chi connectivity index (χ0v) is 12.0. The van der Waals surface area contributed by atoms with Crippen molar-refractivity contribution < 1.29 is 0 Å². The summed E-state index contributed by atoms with van der Waals surface area (Å²) >= 11 is 9.59. The fraction of sp³-hybridized carbons (Fsp3) is 0.385. The lowest BCUT2D eigenvalue weighted by atomic mass is 10.1. The van der Waals surface area contributed by atoms with Crippen molar-refractivity contribution in [3.63, 3.8) is 0 Å². The third-order valence-corrected chi connectivity index (χ3v) is 3.25. The number of nitrogens with one attached hydrogen (secondary N) is 1. The lowest BCUT2D eigenvalue weighted by Gasteiger charge is -2.15. The van der Waals surface area contributed by atoms with Crippen LogP contribution in [-0.4, -0.2) is 6.54 Å². The first-order valence-electron chi connectivity index (χ1n) is 5.44. The van der Waals surface area contributed by atoms with Crippen molar-refractivity contribution in [2.24, 2.45) is 0 Å². The molecule has 0 aliphatic rings. The van der Waals surface area contributed by atoms with Crippen molar-refractivity contribution in [3.8, 4) is 0 Å².